The number of Topliss-reactive ketones (excluding diaryl/α,β-unsaturated/α-hetero) is 1. The first-order chi connectivity index (χ1) is 5.77. The fourth-order valence-electron chi connectivity index (χ4n) is 3.26. The number of hydrogen-bond donors (Lipinski definition) is 0. The van der Waals surface area contributed by atoms with E-state index in [2.05, 4.69) is 6.92 Å². The van der Waals surface area contributed by atoms with Gasteiger partial charge in [-0.25, -0.2) is 0 Å². The van der Waals surface area contributed by atoms with E-state index in [1.807, 2.05) is 0 Å². The van der Waals surface area contributed by atoms with E-state index in [-0.39, 0.29) is 0 Å². The van der Waals surface area contributed by atoms with Crippen LogP contribution >= 0.6 is 0 Å². The molecule has 0 saturated heterocycles. The molecule has 2 atom stereocenters. The molecule has 0 N–H and O–H groups in total. The maximum absolute atomic E-state index is 11.4. The predicted molar refractivity (Wildman–Crippen MR) is 48.9 cm³/mol. The Hall–Kier alpha value is -0.330. The Morgan fingerprint density at radius 2 is 2.33 bits per heavy atom. The van der Waals surface area contributed by atoms with Gasteiger partial charge in [0.05, 0.1) is 0 Å². The van der Waals surface area contributed by atoms with E-state index in [9.17, 15) is 4.79 Å². The zero-order valence-electron chi connectivity index (χ0n) is 7.94. The molecule has 2 saturated carbocycles. The number of fused-ring (bicyclic) bond motifs is 1. The van der Waals surface area contributed by atoms with Gasteiger partial charge in [0, 0.05) is 12.8 Å². The van der Waals surface area contributed by atoms with E-state index >= 15 is 0 Å². The van der Waals surface area contributed by atoms with Gasteiger partial charge in [-0.15, -0.1) is 0 Å². The zero-order valence-corrected chi connectivity index (χ0v) is 7.94. The van der Waals surface area contributed by atoms with Crippen LogP contribution in [0, 0.1) is 11.3 Å². The molecule has 1 nitrogen and oxygen atoms in total. The first-order valence-electron chi connectivity index (χ1n) is 5.28. The van der Waals surface area contributed by atoms with Crippen molar-refractivity contribution in [3.05, 3.63) is 0 Å². The molecule has 0 aromatic heterocycles. The van der Waals surface area contributed by atoms with Crippen molar-refractivity contribution >= 4 is 5.78 Å². The highest BCUT2D eigenvalue weighted by molar-refractivity contribution is 5.82. The molecule has 0 aliphatic heterocycles. The highest BCUT2D eigenvalue weighted by atomic mass is 16.1. The minimum atomic E-state index is 0.454. The number of rotatable bonds is 1. The van der Waals surface area contributed by atoms with Crippen LogP contribution in [0.5, 0.6) is 0 Å². The van der Waals surface area contributed by atoms with Gasteiger partial charge in [-0.3, -0.25) is 4.79 Å². The summed E-state index contributed by atoms with van der Waals surface area (Å²) in [6.07, 6.45) is 8.38. The number of carbonyl (C=O) groups excluding carboxylic acids is 1. The van der Waals surface area contributed by atoms with Crippen molar-refractivity contribution in [1.29, 1.82) is 0 Å². The van der Waals surface area contributed by atoms with Gasteiger partial charge in [0.25, 0.3) is 0 Å². The maximum Gasteiger partial charge on any atom is 0.133 e. The Morgan fingerprint density at radius 3 is 3.00 bits per heavy atom. The second kappa shape index (κ2) is 2.86. The molecule has 2 aliphatic carbocycles. The van der Waals surface area contributed by atoms with E-state index in [0.29, 0.717) is 11.2 Å². The number of ketones is 1. The summed E-state index contributed by atoms with van der Waals surface area (Å²) in [5.41, 5.74) is 0.454. The second-order valence-electron chi connectivity index (χ2n) is 4.58. The molecule has 0 bridgehead atoms. The van der Waals surface area contributed by atoms with Crippen LogP contribution in [0.25, 0.3) is 0 Å². The molecule has 0 amide bonds. The van der Waals surface area contributed by atoms with Gasteiger partial charge >= 0.3 is 0 Å². The Balaban J connectivity index is 2.19. The van der Waals surface area contributed by atoms with E-state index < -0.39 is 0 Å². The van der Waals surface area contributed by atoms with Crippen LogP contribution < -0.4 is 0 Å². The van der Waals surface area contributed by atoms with Gasteiger partial charge in [-0.1, -0.05) is 19.8 Å². The molecular formula is C11H18O. The van der Waals surface area contributed by atoms with Crippen LogP contribution in [0.15, 0.2) is 0 Å². The van der Waals surface area contributed by atoms with Crippen LogP contribution in [0.2, 0.25) is 0 Å². The van der Waals surface area contributed by atoms with Gasteiger partial charge in [0.15, 0.2) is 0 Å². The van der Waals surface area contributed by atoms with Gasteiger partial charge in [0.2, 0.25) is 0 Å². The average molecular weight is 166 g/mol. The van der Waals surface area contributed by atoms with E-state index in [1.165, 1.54) is 32.1 Å². The summed E-state index contributed by atoms with van der Waals surface area (Å²) in [5, 5.41) is 0. The molecule has 2 rings (SSSR count). The fraction of sp³-hybridized carbons (Fsp3) is 0.909. The summed E-state index contributed by atoms with van der Waals surface area (Å²) in [7, 11) is 0. The molecule has 0 heterocycles. The van der Waals surface area contributed by atoms with Crippen molar-refractivity contribution in [3.8, 4) is 0 Å². The summed E-state index contributed by atoms with van der Waals surface area (Å²) in [6, 6.07) is 0. The van der Waals surface area contributed by atoms with Crippen molar-refractivity contribution in [2.75, 3.05) is 0 Å². The molecule has 2 fully saturated rings. The van der Waals surface area contributed by atoms with Crippen molar-refractivity contribution < 1.29 is 4.79 Å². The van der Waals surface area contributed by atoms with Gasteiger partial charge in [-0.05, 0) is 30.6 Å². The van der Waals surface area contributed by atoms with Gasteiger partial charge in [-0.2, -0.15) is 0 Å². The number of carbonyl (C=O) groups is 1. The summed E-state index contributed by atoms with van der Waals surface area (Å²) in [4.78, 5) is 11.4. The molecular weight excluding hydrogens is 148 g/mol. The van der Waals surface area contributed by atoms with Crippen LogP contribution in [-0.2, 0) is 4.79 Å². The molecule has 2 aliphatic rings. The molecule has 0 radical (unpaired) electrons. The average Bonchev–Trinajstić information content (AvgIpc) is 2.41. The van der Waals surface area contributed by atoms with Gasteiger partial charge < -0.3 is 0 Å². The lowest BCUT2D eigenvalue weighted by molar-refractivity contribution is -0.118. The predicted octanol–water partition coefficient (Wildman–Crippen LogP) is 2.94. The Morgan fingerprint density at radius 1 is 1.50 bits per heavy atom. The normalized spacial score (nSPS) is 41.4. The SMILES string of the molecule is CCC12CCCCC1CC(=O)C2. The van der Waals surface area contributed by atoms with E-state index in [0.717, 1.165) is 18.8 Å². The first-order valence-corrected chi connectivity index (χ1v) is 5.28. The van der Waals surface area contributed by atoms with E-state index in [1.54, 1.807) is 0 Å². The smallest absolute Gasteiger partial charge is 0.133 e. The lowest BCUT2D eigenvalue weighted by atomic mass is 9.67. The summed E-state index contributed by atoms with van der Waals surface area (Å²) >= 11 is 0. The third-order valence-electron chi connectivity index (χ3n) is 4.07. The fourth-order valence-corrected chi connectivity index (χ4v) is 3.26. The standard InChI is InChI=1S/C11H18O/c1-2-11-6-4-3-5-9(11)7-10(12)8-11/h9H,2-8H2,1H3. The summed E-state index contributed by atoms with van der Waals surface area (Å²) in [5.74, 6) is 1.28. The van der Waals surface area contributed by atoms with Crippen molar-refractivity contribution in [2.24, 2.45) is 11.3 Å². The number of hydrogen-bond acceptors (Lipinski definition) is 1. The third-order valence-corrected chi connectivity index (χ3v) is 4.07. The zero-order chi connectivity index (χ0) is 8.60. The van der Waals surface area contributed by atoms with Crippen molar-refractivity contribution in [3.63, 3.8) is 0 Å². The van der Waals surface area contributed by atoms with Crippen LogP contribution in [-0.4, -0.2) is 5.78 Å². The summed E-state index contributed by atoms with van der Waals surface area (Å²) < 4.78 is 0. The van der Waals surface area contributed by atoms with Crippen LogP contribution in [0.3, 0.4) is 0 Å². The Kier molecular flexibility index (Phi) is 1.97. The molecule has 12 heavy (non-hydrogen) atoms. The van der Waals surface area contributed by atoms with E-state index in [4.69, 9.17) is 0 Å². The highest BCUT2D eigenvalue weighted by Gasteiger charge is 2.46. The van der Waals surface area contributed by atoms with Crippen molar-refractivity contribution in [1.82, 2.24) is 0 Å². The molecule has 2 unspecified atom stereocenters. The molecule has 0 aromatic carbocycles. The minimum Gasteiger partial charge on any atom is -0.300 e. The minimum absolute atomic E-state index is 0.454. The Labute approximate surface area is 74.5 Å². The molecule has 1 heteroatoms. The topological polar surface area (TPSA) is 17.1 Å². The monoisotopic (exact) mass is 166 g/mol. The summed E-state index contributed by atoms with van der Waals surface area (Å²) in [6.45, 7) is 2.26. The Bertz CT molecular complexity index is 197. The van der Waals surface area contributed by atoms with Crippen LogP contribution in [0.1, 0.15) is 51.9 Å². The van der Waals surface area contributed by atoms with Crippen LogP contribution in [0.4, 0.5) is 0 Å². The molecule has 68 valence electrons. The lowest BCUT2D eigenvalue weighted by Crippen LogP contribution is -2.28. The second-order valence-corrected chi connectivity index (χ2v) is 4.58. The highest BCUT2D eigenvalue weighted by Crippen LogP contribution is 2.52. The quantitative estimate of drug-likeness (QED) is 0.585. The molecule has 0 aromatic rings. The lowest BCUT2D eigenvalue weighted by Gasteiger charge is -2.38. The van der Waals surface area contributed by atoms with Gasteiger partial charge in [0.1, 0.15) is 5.78 Å². The maximum atomic E-state index is 11.4. The van der Waals surface area contributed by atoms with Crippen molar-refractivity contribution in [2.45, 2.75) is 51.9 Å². The first kappa shape index (κ1) is 8.28. The largest absolute Gasteiger partial charge is 0.300 e. The molecule has 0 spiro atoms. The third kappa shape index (κ3) is 1.10.